The number of aliphatic imine (C=N–C) groups is 1. The number of hydrogen-bond acceptors (Lipinski definition) is 3. The maximum Gasteiger partial charge on any atom is 0.191 e. The molecule has 0 atom stereocenters. The Balaban J connectivity index is 0.00000192. The van der Waals surface area contributed by atoms with Crippen LogP contribution in [0, 0.1) is 0 Å². The van der Waals surface area contributed by atoms with Gasteiger partial charge in [0.2, 0.25) is 0 Å². The molecule has 0 radical (unpaired) electrons. The van der Waals surface area contributed by atoms with Crippen LogP contribution in [0.4, 0.5) is 0 Å². The van der Waals surface area contributed by atoms with Gasteiger partial charge in [-0.1, -0.05) is 18.6 Å². The van der Waals surface area contributed by atoms with Crippen LogP contribution in [0.25, 0.3) is 0 Å². The number of fused-ring (bicyclic) bond motifs is 1. The van der Waals surface area contributed by atoms with Crippen LogP contribution in [0.3, 0.4) is 0 Å². The lowest BCUT2D eigenvalue weighted by atomic mass is 10.2. The summed E-state index contributed by atoms with van der Waals surface area (Å²) in [5.41, 5.74) is 0. The third-order valence-electron chi connectivity index (χ3n) is 4.26. The highest BCUT2D eigenvalue weighted by Gasteiger charge is 2.15. The van der Waals surface area contributed by atoms with Gasteiger partial charge in [0.25, 0.3) is 0 Å². The summed E-state index contributed by atoms with van der Waals surface area (Å²) in [6, 6.07) is 0.466. The molecule has 23 heavy (non-hydrogen) atoms. The van der Waals surface area contributed by atoms with Crippen molar-refractivity contribution < 1.29 is 0 Å². The standard InChI is InChI=1S/C16H26N6.HI/c1-2-17-16(19-13-8-5-6-9-13)18-12-15-21-20-14-10-4-3-7-11-22(14)15;/h5-6,13H,2-4,7-12H2,1H3,(H2,17,18,19);1H. The molecule has 0 fully saturated rings. The largest absolute Gasteiger partial charge is 0.357 e. The van der Waals surface area contributed by atoms with Gasteiger partial charge in [0.1, 0.15) is 12.4 Å². The van der Waals surface area contributed by atoms with Crippen molar-refractivity contribution in [3.63, 3.8) is 0 Å². The second-order valence-electron chi connectivity index (χ2n) is 5.97. The highest BCUT2D eigenvalue weighted by molar-refractivity contribution is 14.0. The molecule has 0 aromatic carbocycles. The van der Waals surface area contributed by atoms with E-state index in [-0.39, 0.29) is 24.0 Å². The van der Waals surface area contributed by atoms with Gasteiger partial charge in [-0.15, -0.1) is 34.2 Å². The first-order chi connectivity index (χ1) is 10.9. The van der Waals surface area contributed by atoms with Gasteiger partial charge in [-0.2, -0.15) is 0 Å². The van der Waals surface area contributed by atoms with E-state index in [1.807, 2.05) is 0 Å². The smallest absolute Gasteiger partial charge is 0.191 e. The third-order valence-corrected chi connectivity index (χ3v) is 4.26. The fourth-order valence-electron chi connectivity index (χ4n) is 3.06. The Morgan fingerprint density at radius 3 is 2.87 bits per heavy atom. The second-order valence-corrected chi connectivity index (χ2v) is 5.97. The predicted molar refractivity (Wildman–Crippen MR) is 103 cm³/mol. The summed E-state index contributed by atoms with van der Waals surface area (Å²) in [5.74, 6) is 2.99. The molecule has 7 heteroatoms. The number of nitrogens with zero attached hydrogens (tertiary/aromatic N) is 4. The average molecular weight is 430 g/mol. The van der Waals surface area contributed by atoms with E-state index in [0.717, 1.165) is 50.0 Å². The van der Waals surface area contributed by atoms with Crippen LogP contribution in [0.1, 0.15) is 50.7 Å². The van der Waals surface area contributed by atoms with E-state index >= 15 is 0 Å². The molecule has 3 rings (SSSR count). The number of nitrogens with one attached hydrogen (secondary N) is 2. The van der Waals surface area contributed by atoms with Crippen LogP contribution in [0.2, 0.25) is 0 Å². The van der Waals surface area contributed by atoms with E-state index < -0.39 is 0 Å². The molecule has 2 N–H and O–H groups in total. The van der Waals surface area contributed by atoms with Gasteiger partial charge in [-0.25, -0.2) is 4.99 Å². The summed E-state index contributed by atoms with van der Waals surface area (Å²) in [7, 11) is 0. The highest BCUT2D eigenvalue weighted by atomic mass is 127. The molecule has 0 bridgehead atoms. The first-order valence-electron chi connectivity index (χ1n) is 8.47. The van der Waals surface area contributed by atoms with Crippen LogP contribution in [-0.2, 0) is 19.5 Å². The molecule has 128 valence electrons. The SMILES string of the molecule is CCNC(=NCc1nnc2n1CCCCC2)NC1CC=CC1.I. The summed E-state index contributed by atoms with van der Waals surface area (Å²) in [6.45, 7) is 4.57. The average Bonchev–Trinajstić information content (AvgIpc) is 3.10. The molecule has 6 nitrogen and oxygen atoms in total. The molecule has 0 unspecified atom stereocenters. The Morgan fingerprint density at radius 2 is 2.09 bits per heavy atom. The van der Waals surface area contributed by atoms with Crippen molar-refractivity contribution in [1.82, 2.24) is 25.4 Å². The molecule has 1 aromatic rings. The van der Waals surface area contributed by atoms with E-state index in [0.29, 0.717) is 12.6 Å². The van der Waals surface area contributed by atoms with Crippen LogP contribution in [0.15, 0.2) is 17.1 Å². The minimum atomic E-state index is 0. The van der Waals surface area contributed by atoms with E-state index in [1.165, 1.54) is 19.3 Å². The third kappa shape index (κ3) is 4.92. The first-order valence-corrected chi connectivity index (χ1v) is 8.47. The minimum absolute atomic E-state index is 0. The molecule has 0 spiro atoms. The topological polar surface area (TPSA) is 67.1 Å². The number of guanidine groups is 1. The van der Waals surface area contributed by atoms with Gasteiger partial charge >= 0.3 is 0 Å². The maximum atomic E-state index is 4.70. The zero-order valence-corrected chi connectivity index (χ0v) is 16.1. The lowest BCUT2D eigenvalue weighted by Crippen LogP contribution is -2.42. The van der Waals surface area contributed by atoms with Crippen molar-refractivity contribution in [1.29, 1.82) is 0 Å². The highest BCUT2D eigenvalue weighted by Crippen LogP contribution is 2.15. The lowest BCUT2D eigenvalue weighted by Gasteiger charge is -2.16. The molecule has 0 saturated carbocycles. The molecular formula is C16H27IN6. The molecular weight excluding hydrogens is 403 g/mol. The summed E-state index contributed by atoms with van der Waals surface area (Å²) in [6.07, 6.45) is 11.4. The Labute approximate surface area is 155 Å². The Morgan fingerprint density at radius 1 is 1.26 bits per heavy atom. The monoisotopic (exact) mass is 430 g/mol. The van der Waals surface area contributed by atoms with Gasteiger partial charge in [-0.3, -0.25) is 0 Å². The van der Waals surface area contributed by atoms with Gasteiger partial charge in [-0.05, 0) is 32.6 Å². The maximum absolute atomic E-state index is 4.70. The molecule has 1 aliphatic carbocycles. The normalized spacial score (nSPS) is 18.2. The fraction of sp³-hybridized carbons (Fsp3) is 0.688. The van der Waals surface area contributed by atoms with Crippen molar-refractivity contribution in [3.8, 4) is 0 Å². The summed E-state index contributed by atoms with van der Waals surface area (Å²) in [5, 5.41) is 15.5. The van der Waals surface area contributed by atoms with Gasteiger partial charge < -0.3 is 15.2 Å². The molecule has 0 amide bonds. The van der Waals surface area contributed by atoms with Crippen molar-refractivity contribution in [2.45, 2.75) is 64.6 Å². The van der Waals surface area contributed by atoms with Crippen LogP contribution >= 0.6 is 24.0 Å². The van der Waals surface area contributed by atoms with Crippen LogP contribution in [0.5, 0.6) is 0 Å². The van der Waals surface area contributed by atoms with E-state index in [2.05, 4.69) is 44.5 Å². The Kier molecular flexibility index (Phi) is 7.32. The van der Waals surface area contributed by atoms with E-state index in [4.69, 9.17) is 4.99 Å². The number of halogens is 1. The molecule has 1 aliphatic heterocycles. The first kappa shape index (κ1) is 18.2. The molecule has 2 heterocycles. The summed E-state index contributed by atoms with van der Waals surface area (Å²) in [4.78, 5) is 4.70. The number of aryl methyl sites for hydroxylation is 1. The molecule has 0 saturated heterocycles. The van der Waals surface area contributed by atoms with Gasteiger partial charge in [0, 0.05) is 25.6 Å². The van der Waals surface area contributed by atoms with Crippen LogP contribution in [-0.4, -0.2) is 33.3 Å². The number of aromatic nitrogens is 3. The predicted octanol–water partition coefficient (Wildman–Crippen LogP) is 2.40. The van der Waals surface area contributed by atoms with E-state index in [9.17, 15) is 0 Å². The molecule has 1 aromatic heterocycles. The van der Waals surface area contributed by atoms with Crippen molar-refractivity contribution >= 4 is 29.9 Å². The summed E-state index contributed by atoms with van der Waals surface area (Å²) < 4.78 is 2.26. The van der Waals surface area contributed by atoms with Crippen molar-refractivity contribution in [2.75, 3.05) is 6.54 Å². The fourth-order valence-corrected chi connectivity index (χ4v) is 3.06. The molecule has 2 aliphatic rings. The second kappa shape index (κ2) is 9.24. The zero-order valence-electron chi connectivity index (χ0n) is 13.8. The Bertz CT molecular complexity index is 543. The zero-order chi connectivity index (χ0) is 15.2. The van der Waals surface area contributed by atoms with Gasteiger partial charge in [0.15, 0.2) is 11.8 Å². The van der Waals surface area contributed by atoms with Gasteiger partial charge in [0.05, 0.1) is 0 Å². The Hall–Kier alpha value is -1.12. The minimum Gasteiger partial charge on any atom is -0.357 e. The quantitative estimate of drug-likeness (QED) is 0.333. The number of hydrogen-bond donors (Lipinski definition) is 2. The van der Waals surface area contributed by atoms with Crippen molar-refractivity contribution in [3.05, 3.63) is 23.8 Å². The van der Waals surface area contributed by atoms with Crippen molar-refractivity contribution in [2.24, 2.45) is 4.99 Å². The lowest BCUT2D eigenvalue weighted by molar-refractivity contribution is 0.602. The van der Waals surface area contributed by atoms with E-state index in [1.54, 1.807) is 0 Å². The summed E-state index contributed by atoms with van der Waals surface area (Å²) >= 11 is 0. The number of rotatable bonds is 4. The van der Waals surface area contributed by atoms with Crippen LogP contribution < -0.4 is 10.6 Å².